The molecular weight excluding hydrogens is 202 g/mol. The molecule has 80 valence electrons. The van der Waals surface area contributed by atoms with Gasteiger partial charge in [-0.15, -0.1) is 0 Å². The van der Waals surface area contributed by atoms with Gasteiger partial charge in [0.25, 0.3) is 5.70 Å². The number of rotatable bonds is 2. The SMILES string of the molecule is C=C1C([N+](=O)[O-])=CC=CC1c1ccccc1. The summed E-state index contributed by atoms with van der Waals surface area (Å²) in [6, 6.07) is 9.65. The van der Waals surface area contributed by atoms with E-state index in [1.54, 1.807) is 6.08 Å². The molecule has 3 heteroatoms. The zero-order valence-corrected chi connectivity index (χ0v) is 8.67. The monoisotopic (exact) mass is 213 g/mol. The summed E-state index contributed by atoms with van der Waals surface area (Å²) in [5.74, 6) is -0.0911. The zero-order chi connectivity index (χ0) is 11.5. The molecule has 0 saturated carbocycles. The minimum atomic E-state index is -0.387. The molecule has 2 rings (SSSR count). The van der Waals surface area contributed by atoms with E-state index in [4.69, 9.17) is 0 Å². The molecule has 0 saturated heterocycles. The Bertz CT molecular complexity index is 486. The summed E-state index contributed by atoms with van der Waals surface area (Å²) in [5, 5.41) is 10.8. The van der Waals surface area contributed by atoms with Gasteiger partial charge in [-0.05, 0) is 5.56 Å². The minimum absolute atomic E-state index is 0.0911. The molecule has 0 fully saturated rings. The van der Waals surface area contributed by atoms with E-state index in [1.807, 2.05) is 36.4 Å². The normalized spacial score (nSPS) is 19.4. The predicted molar refractivity (Wildman–Crippen MR) is 62.5 cm³/mol. The molecule has 1 aromatic rings. The molecule has 0 N–H and O–H groups in total. The van der Waals surface area contributed by atoms with Crippen molar-refractivity contribution >= 4 is 0 Å². The molecule has 16 heavy (non-hydrogen) atoms. The molecular formula is C13H11NO2. The number of nitro groups is 1. The van der Waals surface area contributed by atoms with Crippen molar-refractivity contribution in [3.8, 4) is 0 Å². The van der Waals surface area contributed by atoms with E-state index < -0.39 is 0 Å². The van der Waals surface area contributed by atoms with Crippen molar-refractivity contribution in [1.29, 1.82) is 0 Å². The maximum Gasteiger partial charge on any atom is 0.272 e. The lowest BCUT2D eigenvalue weighted by atomic mass is 9.87. The van der Waals surface area contributed by atoms with Crippen LogP contribution in [0, 0.1) is 10.1 Å². The fourth-order valence-corrected chi connectivity index (χ4v) is 1.79. The third kappa shape index (κ3) is 1.80. The van der Waals surface area contributed by atoms with Crippen molar-refractivity contribution in [2.24, 2.45) is 0 Å². The van der Waals surface area contributed by atoms with Crippen LogP contribution in [0.15, 0.2) is 66.4 Å². The van der Waals surface area contributed by atoms with Crippen molar-refractivity contribution in [3.63, 3.8) is 0 Å². The van der Waals surface area contributed by atoms with Gasteiger partial charge in [0.2, 0.25) is 0 Å². The summed E-state index contributed by atoms with van der Waals surface area (Å²) >= 11 is 0. The van der Waals surface area contributed by atoms with Gasteiger partial charge in [-0.25, -0.2) is 0 Å². The van der Waals surface area contributed by atoms with Gasteiger partial charge in [-0.1, -0.05) is 49.1 Å². The first-order valence-electron chi connectivity index (χ1n) is 4.97. The highest BCUT2D eigenvalue weighted by Crippen LogP contribution is 2.32. The van der Waals surface area contributed by atoms with Crippen LogP contribution in [-0.2, 0) is 0 Å². The fourth-order valence-electron chi connectivity index (χ4n) is 1.79. The zero-order valence-electron chi connectivity index (χ0n) is 8.67. The lowest BCUT2D eigenvalue weighted by Crippen LogP contribution is -2.10. The van der Waals surface area contributed by atoms with E-state index in [2.05, 4.69) is 6.58 Å². The first kappa shape index (κ1) is 10.4. The number of hydrogen-bond acceptors (Lipinski definition) is 2. The standard InChI is InChI=1S/C13H11NO2/c1-10-12(11-6-3-2-4-7-11)8-5-9-13(10)14(15)16/h2-9,12H,1H2. The Kier molecular flexibility index (Phi) is 2.68. The molecule has 0 aromatic heterocycles. The second-order valence-corrected chi connectivity index (χ2v) is 3.61. The van der Waals surface area contributed by atoms with Gasteiger partial charge in [-0.3, -0.25) is 10.1 Å². The van der Waals surface area contributed by atoms with Crippen LogP contribution in [0.4, 0.5) is 0 Å². The van der Waals surface area contributed by atoms with Crippen LogP contribution in [0.1, 0.15) is 11.5 Å². The molecule has 3 nitrogen and oxygen atoms in total. The Balaban J connectivity index is 2.35. The Morgan fingerprint density at radius 2 is 1.94 bits per heavy atom. The van der Waals surface area contributed by atoms with Gasteiger partial charge in [0.1, 0.15) is 0 Å². The van der Waals surface area contributed by atoms with Gasteiger partial charge in [0.05, 0.1) is 4.92 Å². The topological polar surface area (TPSA) is 43.1 Å². The van der Waals surface area contributed by atoms with Crippen molar-refractivity contribution < 1.29 is 4.92 Å². The first-order chi connectivity index (χ1) is 7.70. The van der Waals surface area contributed by atoms with Crippen LogP contribution in [0.25, 0.3) is 0 Å². The second-order valence-electron chi connectivity index (χ2n) is 3.61. The average molecular weight is 213 g/mol. The highest BCUT2D eigenvalue weighted by molar-refractivity contribution is 5.45. The summed E-state index contributed by atoms with van der Waals surface area (Å²) in [7, 11) is 0. The van der Waals surface area contributed by atoms with Gasteiger partial charge in [0.15, 0.2) is 0 Å². The maximum atomic E-state index is 10.8. The Morgan fingerprint density at radius 3 is 2.56 bits per heavy atom. The number of benzene rings is 1. The smallest absolute Gasteiger partial charge is 0.258 e. The average Bonchev–Trinajstić information content (AvgIpc) is 2.30. The number of hydrogen-bond donors (Lipinski definition) is 0. The maximum absolute atomic E-state index is 10.8. The molecule has 0 radical (unpaired) electrons. The largest absolute Gasteiger partial charge is 0.272 e. The summed E-state index contributed by atoms with van der Waals surface area (Å²) < 4.78 is 0. The predicted octanol–water partition coefficient (Wildman–Crippen LogP) is 3.06. The van der Waals surface area contributed by atoms with Gasteiger partial charge < -0.3 is 0 Å². The fraction of sp³-hybridized carbons (Fsp3) is 0.0769. The molecule has 0 heterocycles. The van der Waals surface area contributed by atoms with Gasteiger partial charge in [-0.2, -0.15) is 0 Å². The van der Waals surface area contributed by atoms with Crippen LogP contribution >= 0.6 is 0 Å². The molecule has 1 aliphatic rings. The Morgan fingerprint density at radius 1 is 1.25 bits per heavy atom. The quantitative estimate of drug-likeness (QED) is 0.559. The summed E-state index contributed by atoms with van der Waals surface area (Å²) in [5.41, 5.74) is 1.66. The lowest BCUT2D eigenvalue weighted by molar-refractivity contribution is -0.421. The van der Waals surface area contributed by atoms with E-state index in [1.165, 1.54) is 6.08 Å². The molecule has 0 spiro atoms. The summed E-state index contributed by atoms with van der Waals surface area (Å²) in [6.45, 7) is 3.81. The highest BCUT2D eigenvalue weighted by Gasteiger charge is 2.25. The van der Waals surface area contributed by atoms with Crippen molar-refractivity contribution in [2.45, 2.75) is 5.92 Å². The Hall–Kier alpha value is -2.16. The summed E-state index contributed by atoms with van der Waals surface area (Å²) in [6.07, 6.45) is 5.12. The van der Waals surface area contributed by atoms with Crippen molar-refractivity contribution in [3.05, 3.63) is 82.1 Å². The van der Waals surface area contributed by atoms with Crippen molar-refractivity contribution in [2.75, 3.05) is 0 Å². The lowest BCUT2D eigenvalue weighted by Gasteiger charge is -2.16. The van der Waals surface area contributed by atoms with Gasteiger partial charge in [0, 0.05) is 17.6 Å². The van der Waals surface area contributed by atoms with E-state index in [9.17, 15) is 10.1 Å². The molecule has 1 unspecified atom stereocenters. The molecule has 1 aliphatic carbocycles. The van der Waals surface area contributed by atoms with E-state index in [-0.39, 0.29) is 16.5 Å². The van der Waals surface area contributed by atoms with E-state index in [0.29, 0.717) is 5.57 Å². The third-order valence-corrected chi connectivity index (χ3v) is 2.62. The van der Waals surface area contributed by atoms with E-state index >= 15 is 0 Å². The molecule has 1 atom stereocenters. The molecule has 1 aromatic carbocycles. The van der Waals surface area contributed by atoms with Crippen LogP contribution < -0.4 is 0 Å². The highest BCUT2D eigenvalue weighted by atomic mass is 16.6. The minimum Gasteiger partial charge on any atom is -0.258 e. The van der Waals surface area contributed by atoms with Crippen LogP contribution in [0.2, 0.25) is 0 Å². The summed E-state index contributed by atoms with van der Waals surface area (Å²) in [4.78, 5) is 10.4. The molecule has 0 aliphatic heterocycles. The van der Waals surface area contributed by atoms with Crippen LogP contribution in [0.3, 0.4) is 0 Å². The third-order valence-electron chi connectivity index (χ3n) is 2.62. The molecule has 0 amide bonds. The Labute approximate surface area is 93.6 Å². The second kappa shape index (κ2) is 4.14. The number of allylic oxidation sites excluding steroid dienone is 4. The molecule has 0 bridgehead atoms. The van der Waals surface area contributed by atoms with Gasteiger partial charge >= 0.3 is 0 Å². The van der Waals surface area contributed by atoms with Crippen LogP contribution in [-0.4, -0.2) is 4.92 Å². The number of nitrogens with zero attached hydrogens (tertiary/aromatic N) is 1. The first-order valence-corrected chi connectivity index (χ1v) is 4.97. The van der Waals surface area contributed by atoms with Crippen molar-refractivity contribution in [1.82, 2.24) is 0 Å². The van der Waals surface area contributed by atoms with E-state index in [0.717, 1.165) is 5.56 Å². The van der Waals surface area contributed by atoms with Crippen LogP contribution in [0.5, 0.6) is 0 Å².